The molecule has 1 heterocycles. The van der Waals surface area contributed by atoms with Crippen LogP contribution in [0.4, 0.5) is 5.82 Å². The highest BCUT2D eigenvalue weighted by molar-refractivity contribution is 5.44. The molecule has 2 aromatic rings. The molecule has 0 saturated heterocycles. The molecule has 1 aromatic heterocycles. The molecule has 0 unspecified atom stereocenters. The van der Waals surface area contributed by atoms with Crippen LogP contribution >= 0.6 is 0 Å². The number of rotatable bonds is 8. The third kappa shape index (κ3) is 6.34. The van der Waals surface area contributed by atoms with Gasteiger partial charge in [0.1, 0.15) is 17.6 Å². The highest BCUT2D eigenvalue weighted by Gasteiger charge is 2.13. The first-order chi connectivity index (χ1) is 12.4. The molecule has 0 atom stereocenters. The molecule has 26 heavy (non-hydrogen) atoms. The Kier molecular flexibility index (Phi) is 6.93. The number of methoxy groups -OCH3 is 1. The lowest BCUT2D eigenvalue weighted by atomic mass is 9.97. The average molecular weight is 353 g/mol. The second kappa shape index (κ2) is 9.16. The quantitative estimate of drug-likeness (QED) is 0.710. The third-order valence-electron chi connectivity index (χ3n) is 3.79. The zero-order valence-corrected chi connectivity index (χ0v) is 16.0. The van der Waals surface area contributed by atoms with Crippen LogP contribution in [0.15, 0.2) is 30.5 Å². The van der Waals surface area contributed by atoms with Gasteiger partial charge < -0.3 is 15.4 Å². The van der Waals surface area contributed by atoms with Crippen molar-refractivity contribution in [2.75, 3.05) is 25.5 Å². The number of hydrogen-bond donors (Lipinski definition) is 2. The number of aromatic nitrogens is 2. The summed E-state index contributed by atoms with van der Waals surface area (Å²) in [5, 5.41) is 15.8. The van der Waals surface area contributed by atoms with Crippen molar-refractivity contribution in [2.45, 2.75) is 33.7 Å². The van der Waals surface area contributed by atoms with E-state index in [0.717, 1.165) is 36.6 Å². The first kappa shape index (κ1) is 19.7. The summed E-state index contributed by atoms with van der Waals surface area (Å²) in [5.41, 5.74) is 2.30. The number of benzene rings is 1. The highest BCUT2D eigenvalue weighted by Crippen LogP contribution is 2.17. The van der Waals surface area contributed by atoms with Crippen LogP contribution in [0.3, 0.4) is 0 Å². The molecule has 0 fully saturated rings. The second-order valence-electron chi connectivity index (χ2n) is 7.37. The Morgan fingerprint density at radius 3 is 2.77 bits per heavy atom. The molecule has 2 N–H and O–H groups in total. The molecule has 0 aliphatic heterocycles. The van der Waals surface area contributed by atoms with E-state index in [1.54, 1.807) is 13.3 Å². The molecule has 0 aliphatic rings. The van der Waals surface area contributed by atoms with Crippen molar-refractivity contribution in [3.8, 4) is 11.8 Å². The number of nitrogens with zero attached hydrogens (tertiary/aromatic N) is 3. The van der Waals surface area contributed by atoms with E-state index in [2.05, 4.69) is 47.4 Å². The van der Waals surface area contributed by atoms with E-state index in [1.165, 1.54) is 5.56 Å². The number of nitrogens with one attached hydrogen (secondary N) is 2. The topological polar surface area (TPSA) is 82.9 Å². The van der Waals surface area contributed by atoms with Gasteiger partial charge in [-0.1, -0.05) is 32.9 Å². The van der Waals surface area contributed by atoms with E-state index in [9.17, 15) is 0 Å². The molecular weight excluding hydrogens is 326 g/mol. The van der Waals surface area contributed by atoms with Crippen LogP contribution in [0.25, 0.3) is 0 Å². The molecule has 1 aromatic carbocycles. The molecule has 0 spiro atoms. The molecule has 0 bridgehead atoms. The van der Waals surface area contributed by atoms with Crippen LogP contribution < -0.4 is 15.4 Å². The summed E-state index contributed by atoms with van der Waals surface area (Å²) in [4.78, 5) is 8.41. The van der Waals surface area contributed by atoms with Crippen molar-refractivity contribution in [2.24, 2.45) is 5.41 Å². The lowest BCUT2D eigenvalue weighted by Crippen LogP contribution is -2.23. The van der Waals surface area contributed by atoms with Gasteiger partial charge in [-0.2, -0.15) is 5.26 Å². The van der Waals surface area contributed by atoms with Crippen molar-refractivity contribution < 1.29 is 4.74 Å². The summed E-state index contributed by atoms with van der Waals surface area (Å²) in [6.07, 6.45) is 2.62. The summed E-state index contributed by atoms with van der Waals surface area (Å²) < 4.78 is 5.25. The van der Waals surface area contributed by atoms with Gasteiger partial charge in [0.05, 0.1) is 7.11 Å². The fourth-order valence-corrected chi connectivity index (χ4v) is 2.38. The van der Waals surface area contributed by atoms with Gasteiger partial charge in [-0.05, 0) is 36.1 Å². The fourth-order valence-electron chi connectivity index (χ4n) is 2.38. The minimum absolute atomic E-state index is 0.120. The SMILES string of the molecule is COc1cccc(CCNCc2cnc(C#N)nc2NCC(C)(C)C)c1. The summed E-state index contributed by atoms with van der Waals surface area (Å²) in [7, 11) is 1.67. The van der Waals surface area contributed by atoms with Gasteiger partial charge in [0.25, 0.3) is 0 Å². The Bertz CT molecular complexity index is 762. The Hall–Kier alpha value is -2.65. The number of nitriles is 1. The van der Waals surface area contributed by atoms with Crippen molar-refractivity contribution in [3.63, 3.8) is 0 Å². The van der Waals surface area contributed by atoms with Gasteiger partial charge in [-0.25, -0.2) is 9.97 Å². The summed E-state index contributed by atoms with van der Waals surface area (Å²) in [5.74, 6) is 1.78. The van der Waals surface area contributed by atoms with Crippen molar-refractivity contribution in [1.29, 1.82) is 5.26 Å². The maximum absolute atomic E-state index is 9.04. The second-order valence-corrected chi connectivity index (χ2v) is 7.37. The number of hydrogen-bond acceptors (Lipinski definition) is 6. The minimum atomic E-state index is 0.120. The van der Waals surface area contributed by atoms with Gasteiger partial charge >= 0.3 is 0 Å². The Morgan fingerprint density at radius 2 is 2.08 bits per heavy atom. The normalized spacial score (nSPS) is 11.0. The van der Waals surface area contributed by atoms with Crippen molar-refractivity contribution >= 4 is 5.82 Å². The largest absolute Gasteiger partial charge is 0.497 e. The van der Waals surface area contributed by atoms with E-state index in [4.69, 9.17) is 10.00 Å². The molecule has 0 saturated carbocycles. The van der Waals surface area contributed by atoms with Gasteiger partial charge in [-0.15, -0.1) is 0 Å². The first-order valence-corrected chi connectivity index (χ1v) is 8.75. The highest BCUT2D eigenvalue weighted by atomic mass is 16.5. The number of ether oxygens (including phenoxy) is 1. The molecule has 6 heteroatoms. The molecule has 0 amide bonds. The van der Waals surface area contributed by atoms with Crippen LogP contribution in [0.5, 0.6) is 5.75 Å². The van der Waals surface area contributed by atoms with Crippen LogP contribution in [0.1, 0.15) is 37.7 Å². The van der Waals surface area contributed by atoms with Gasteiger partial charge in [0.2, 0.25) is 5.82 Å². The zero-order valence-electron chi connectivity index (χ0n) is 16.0. The standard InChI is InChI=1S/C20H27N5O/c1-20(2,3)14-24-19-16(13-23-18(11-21)25-19)12-22-9-8-15-6-5-7-17(10-15)26-4/h5-7,10,13,22H,8-9,12,14H2,1-4H3,(H,23,24,25). The Balaban J connectivity index is 1.94. The van der Waals surface area contributed by atoms with Crippen LogP contribution in [0.2, 0.25) is 0 Å². The monoisotopic (exact) mass is 353 g/mol. The summed E-state index contributed by atoms with van der Waals surface area (Å²) in [6, 6.07) is 10.1. The summed E-state index contributed by atoms with van der Waals surface area (Å²) in [6.45, 7) is 8.69. The molecule has 138 valence electrons. The van der Waals surface area contributed by atoms with Gasteiger partial charge in [0, 0.05) is 24.8 Å². The van der Waals surface area contributed by atoms with Crippen LogP contribution in [0, 0.1) is 16.7 Å². The van der Waals surface area contributed by atoms with Crippen LogP contribution in [-0.4, -0.2) is 30.2 Å². The fraction of sp³-hybridized carbons (Fsp3) is 0.450. The van der Waals surface area contributed by atoms with E-state index in [-0.39, 0.29) is 11.2 Å². The van der Waals surface area contributed by atoms with Crippen LogP contribution in [-0.2, 0) is 13.0 Å². The summed E-state index contributed by atoms with van der Waals surface area (Å²) >= 11 is 0. The van der Waals surface area contributed by atoms with Gasteiger partial charge in [0.15, 0.2) is 0 Å². The van der Waals surface area contributed by atoms with Gasteiger partial charge in [-0.3, -0.25) is 0 Å². The third-order valence-corrected chi connectivity index (χ3v) is 3.79. The predicted octanol–water partition coefficient (Wildman–Crippen LogP) is 3.15. The zero-order chi connectivity index (χ0) is 19.0. The van der Waals surface area contributed by atoms with E-state index < -0.39 is 0 Å². The molecular formula is C20H27N5O. The Labute approximate surface area is 155 Å². The molecule has 0 radical (unpaired) electrons. The Morgan fingerprint density at radius 1 is 1.27 bits per heavy atom. The average Bonchev–Trinajstić information content (AvgIpc) is 2.63. The molecule has 6 nitrogen and oxygen atoms in total. The predicted molar refractivity (Wildman–Crippen MR) is 103 cm³/mol. The van der Waals surface area contributed by atoms with Crippen molar-refractivity contribution in [1.82, 2.24) is 15.3 Å². The van der Waals surface area contributed by atoms with E-state index in [1.807, 2.05) is 24.3 Å². The lowest BCUT2D eigenvalue weighted by molar-refractivity contribution is 0.414. The smallest absolute Gasteiger partial charge is 0.234 e. The molecule has 2 rings (SSSR count). The molecule has 0 aliphatic carbocycles. The minimum Gasteiger partial charge on any atom is -0.497 e. The first-order valence-electron chi connectivity index (χ1n) is 8.75. The maximum Gasteiger partial charge on any atom is 0.234 e. The lowest BCUT2D eigenvalue weighted by Gasteiger charge is -2.20. The van der Waals surface area contributed by atoms with Crippen molar-refractivity contribution in [3.05, 3.63) is 47.4 Å². The van der Waals surface area contributed by atoms with E-state index in [0.29, 0.717) is 6.54 Å². The number of anilines is 1. The maximum atomic E-state index is 9.04. The van der Waals surface area contributed by atoms with E-state index >= 15 is 0 Å².